The van der Waals surface area contributed by atoms with Crippen molar-refractivity contribution in [2.45, 2.75) is 13.3 Å². The number of hydrogen-bond donors (Lipinski definition) is 1. The molecule has 0 aliphatic carbocycles. The monoisotopic (exact) mass is 283 g/mol. The standard InChI is InChI=1S/C13H8F3NO3/c1-2-3-6(13(19)20)12(18)7-4-9(14)11(16)8(5-17)10(7)15/h3-4H,2H2,1H3,(H,19,20)/b6-3-. The van der Waals surface area contributed by atoms with Gasteiger partial charge in [0, 0.05) is 0 Å². The van der Waals surface area contributed by atoms with Crippen molar-refractivity contribution in [1.29, 1.82) is 5.26 Å². The fourth-order valence-corrected chi connectivity index (χ4v) is 1.49. The molecule has 0 saturated heterocycles. The first-order valence-corrected chi connectivity index (χ1v) is 5.40. The Morgan fingerprint density at radius 3 is 2.40 bits per heavy atom. The predicted molar refractivity (Wildman–Crippen MR) is 61.4 cm³/mol. The van der Waals surface area contributed by atoms with Gasteiger partial charge in [0.25, 0.3) is 0 Å². The van der Waals surface area contributed by atoms with E-state index in [-0.39, 0.29) is 12.5 Å². The third-order valence-electron chi connectivity index (χ3n) is 2.40. The van der Waals surface area contributed by atoms with Crippen molar-refractivity contribution >= 4 is 11.8 Å². The van der Waals surface area contributed by atoms with Gasteiger partial charge in [0.15, 0.2) is 17.5 Å². The Balaban J connectivity index is 3.53. The van der Waals surface area contributed by atoms with Gasteiger partial charge in [-0.3, -0.25) is 4.79 Å². The molecule has 0 fully saturated rings. The number of halogens is 3. The highest BCUT2D eigenvalue weighted by atomic mass is 19.2. The van der Waals surface area contributed by atoms with Gasteiger partial charge in [-0.1, -0.05) is 13.0 Å². The zero-order valence-corrected chi connectivity index (χ0v) is 10.2. The predicted octanol–water partition coefficient (Wildman–Crippen LogP) is 2.58. The number of ketones is 1. The van der Waals surface area contributed by atoms with Crippen molar-refractivity contribution in [3.05, 3.63) is 46.3 Å². The van der Waals surface area contributed by atoms with Gasteiger partial charge in [-0.15, -0.1) is 0 Å². The highest BCUT2D eigenvalue weighted by molar-refractivity contribution is 6.23. The fraction of sp³-hybridized carbons (Fsp3) is 0.154. The number of carboxylic acids is 1. The maximum absolute atomic E-state index is 13.8. The van der Waals surface area contributed by atoms with Crippen LogP contribution in [0, 0.1) is 28.8 Å². The Bertz CT molecular complexity index is 660. The summed E-state index contributed by atoms with van der Waals surface area (Å²) in [4.78, 5) is 22.7. The third kappa shape index (κ3) is 2.69. The smallest absolute Gasteiger partial charge is 0.339 e. The topological polar surface area (TPSA) is 78.2 Å². The van der Waals surface area contributed by atoms with Gasteiger partial charge in [0.2, 0.25) is 5.78 Å². The molecule has 7 heteroatoms. The molecule has 0 aliphatic heterocycles. The van der Waals surface area contributed by atoms with Crippen LogP contribution in [0.25, 0.3) is 0 Å². The van der Waals surface area contributed by atoms with Gasteiger partial charge in [-0.25, -0.2) is 18.0 Å². The number of carbonyl (C=O) groups is 2. The molecular formula is C13H8F3NO3. The van der Waals surface area contributed by atoms with Crippen LogP contribution in [0.1, 0.15) is 29.3 Å². The first-order chi connectivity index (χ1) is 9.34. The fourth-order valence-electron chi connectivity index (χ4n) is 1.49. The van der Waals surface area contributed by atoms with E-state index < -0.39 is 45.9 Å². The van der Waals surface area contributed by atoms with Gasteiger partial charge in [-0.05, 0) is 12.5 Å². The molecule has 0 unspecified atom stereocenters. The molecule has 104 valence electrons. The Labute approximate surface area is 111 Å². The summed E-state index contributed by atoms with van der Waals surface area (Å²) in [6, 6.07) is 1.33. The number of nitrogens with zero attached hydrogens (tertiary/aromatic N) is 1. The number of hydrogen-bond acceptors (Lipinski definition) is 3. The lowest BCUT2D eigenvalue weighted by Crippen LogP contribution is -2.16. The van der Waals surface area contributed by atoms with Gasteiger partial charge in [0.05, 0.1) is 5.56 Å². The van der Waals surface area contributed by atoms with Gasteiger partial charge in [-0.2, -0.15) is 5.26 Å². The summed E-state index contributed by atoms with van der Waals surface area (Å²) >= 11 is 0. The maximum Gasteiger partial charge on any atom is 0.339 e. The molecule has 0 amide bonds. The molecule has 0 aromatic heterocycles. The van der Waals surface area contributed by atoms with E-state index in [1.54, 1.807) is 6.92 Å². The SMILES string of the molecule is CC/C=C(\C(=O)O)C(=O)c1cc(F)c(F)c(C#N)c1F. The van der Waals surface area contributed by atoms with Crippen molar-refractivity contribution < 1.29 is 27.9 Å². The summed E-state index contributed by atoms with van der Waals surface area (Å²) in [5.74, 6) is -7.86. The van der Waals surface area contributed by atoms with Gasteiger partial charge >= 0.3 is 5.97 Å². The Hall–Kier alpha value is -2.62. The van der Waals surface area contributed by atoms with E-state index in [4.69, 9.17) is 10.4 Å². The number of carbonyl (C=O) groups excluding carboxylic acids is 1. The molecule has 1 aromatic rings. The summed E-state index contributed by atoms with van der Waals surface area (Å²) < 4.78 is 40.1. The molecule has 0 aliphatic rings. The number of Topliss-reactive ketones (excluding diaryl/α,β-unsaturated/α-hetero) is 1. The first kappa shape index (κ1) is 15.4. The minimum absolute atomic E-state index is 0.170. The van der Waals surface area contributed by atoms with Crippen molar-refractivity contribution in [2.75, 3.05) is 0 Å². The van der Waals surface area contributed by atoms with Crippen LogP contribution in [0.2, 0.25) is 0 Å². The van der Waals surface area contributed by atoms with Crippen LogP contribution in [-0.2, 0) is 4.79 Å². The average molecular weight is 283 g/mol. The van der Waals surface area contributed by atoms with Crippen LogP contribution in [0.5, 0.6) is 0 Å². The van der Waals surface area contributed by atoms with Crippen LogP contribution >= 0.6 is 0 Å². The van der Waals surface area contributed by atoms with Crippen molar-refractivity contribution in [2.24, 2.45) is 0 Å². The molecule has 1 rings (SSSR count). The summed E-state index contributed by atoms with van der Waals surface area (Å²) in [6.45, 7) is 1.54. The zero-order chi connectivity index (χ0) is 15.4. The summed E-state index contributed by atoms with van der Waals surface area (Å²) in [5, 5.41) is 17.4. The number of carboxylic acid groups (broad SMARTS) is 1. The van der Waals surface area contributed by atoms with E-state index in [0.29, 0.717) is 0 Å². The van der Waals surface area contributed by atoms with Crippen LogP contribution in [-0.4, -0.2) is 16.9 Å². The number of allylic oxidation sites excluding steroid dienone is 1. The summed E-state index contributed by atoms with van der Waals surface area (Å²) in [6.07, 6.45) is 1.18. The van der Waals surface area contributed by atoms with Crippen LogP contribution < -0.4 is 0 Å². The molecule has 20 heavy (non-hydrogen) atoms. The molecule has 0 radical (unpaired) electrons. The highest BCUT2D eigenvalue weighted by Crippen LogP contribution is 2.22. The molecule has 0 bridgehead atoms. The van der Waals surface area contributed by atoms with E-state index in [9.17, 15) is 22.8 Å². The Morgan fingerprint density at radius 1 is 1.35 bits per heavy atom. The molecule has 0 saturated carbocycles. The highest BCUT2D eigenvalue weighted by Gasteiger charge is 2.27. The summed E-state index contributed by atoms with van der Waals surface area (Å²) in [7, 11) is 0. The second-order valence-electron chi connectivity index (χ2n) is 3.68. The van der Waals surface area contributed by atoms with E-state index in [1.165, 1.54) is 0 Å². The Morgan fingerprint density at radius 2 is 1.95 bits per heavy atom. The first-order valence-electron chi connectivity index (χ1n) is 5.40. The van der Waals surface area contributed by atoms with E-state index in [2.05, 4.69) is 0 Å². The number of rotatable bonds is 4. The van der Waals surface area contributed by atoms with Crippen LogP contribution in [0.3, 0.4) is 0 Å². The second-order valence-corrected chi connectivity index (χ2v) is 3.68. The summed E-state index contributed by atoms with van der Waals surface area (Å²) in [5.41, 5.74) is -3.04. The lowest BCUT2D eigenvalue weighted by atomic mass is 9.99. The van der Waals surface area contributed by atoms with E-state index in [0.717, 1.165) is 12.1 Å². The van der Waals surface area contributed by atoms with Crippen molar-refractivity contribution in [1.82, 2.24) is 0 Å². The molecule has 0 heterocycles. The largest absolute Gasteiger partial charge is 0.478 e. The molecule has 4 nitrogen and oxygen atoms in total. The van der Waals surface area contributed by atoms with Crippen molar-refractivity contribution in [3.8, 4) is 6.07 Å². The Kier molecular flexibility index (Phi) is 4.64. The minimum Gasteiger partial charge on any atom is -0.478 e. The lowest BCUT2D eigenvalue weighted by Gasteiger charge is -2.06. The average Bonchev–Trinajstić information content (AvgIpc) is 2.39. The number of aliphatic carboxylic acids is 1. The zero-order valence-electron chi connectivity index (χ0n) is 10.2. The maximum atomic E-state index is 13.8. The number of nitriles is 1. The normalized spacial score (nSPS) is 11.1. The van der Waals surface area contributed by atoms with E-state index in [1.807, 2.05) is 0 Å². The molecule has 1 aromatic carbocycles. The molecule has 1 N–H and O–H groups in total. The molecular weight excluding hydrogens is 275 g/mol. The van der Waals surface area contributed by atoms with Crippen LogP contribution in [0.15, 0.2) is 17.7 Å². The molecule has 0 spiro atoms. The van der Waals surface area contributed by atoms with E-state index >= 15 is 0 Å². The lowest BCUT2D eigenvalue weighted by molar-refractivity contribution is -0.132. The van der Waals surface area contributed by atoms with Crippen molar-refractivity contribution in [3.63, 3.8) is 0 Å². The van der Waals surface area contributed by atoms with Crippen LogP contribution in [0.4, 0.5) is 13.2 Å². The van der Waals surface area contributed by atoms with Gasteiger partial charge in [0.1, 0.15) is 17.2 Å². The quantitative estimate of drug-likeness (QED) is 0.303. The third-order valence-corrected chi connectivity index (χ3v) is 2.40. The number of benzene rings is 1. The van der Waals surface area contributed by atoms with Gasteiger partial charge < -0.3 is 5.11 Å². The molecule has 0 atom stereocenters. The second kappa shape index (κ2) is 6.02. The minimum atomic E-state index is -1.72.